The molecule has 0 saturated carbocycles. The number of rotatable bonds is 4. The maximum Gasteiger partial charge on any atom is 0.230 e. The Morgan fingerprint density at radius 3 is 2.50 bits per heavy atom. The molecule has 0 aliphatic heterocycles. The number of nitrogens with one attached hydrogen (secondary N) is 1. The lowest BCUT2D eigenvalue weighted by Crippen LogP contribution is -2.14. The van der Waals surface area contributed by atoms with Crippen LogP contribution in [0.5, 0.6) is 0 Å². The minimum atomic E-state index is -3.22. The van der Waals surface area contributed by atoms with Crippen molar-refractivity contribution in [3.63, 3.8) is 0 Å². The van der Waals surface area contributed by atoms with Gasteiger partial charge < -0.3 is 5.32 Å². The zero-order valence-electron chi connectivity index (χ0n) is 13.2. The fraction of sp³-hybridized carbons (Fsp3) is 0.176. The molecule has 1 amide bonds. The Morgan fingerprint density at radius 2 is 1.88 bits per heavy atom. The summed E-state index contributed by atoms with van der Waals surface area (Å²) in [6, 6.07) is 12.2. The molecule has 0 aliphatic rings. The highest BCUT2D eigenvalue weighted by molar-refractivity contribution is 7.90. The van der Waals surface area contributed by atoms with Gasteiger partial charge in [0.05, 0.1) is 21.5 Å². The average Bonchev–Trinajstić information content (AvgIpc) is 2.90. The van der Waals surface area contributed by atoms with E-state index in [1.165, 1.54) is 23.5 Å². The minimum Gasteiger partial charge on any atom is -0.302 e. The van der Waals surface area contributed by atoms with Crippen LogP contribution in [0, 0.1) is 6.92 Å². The number of fused-ring (bicyclic) bond motifs is 1. The van der Waals surface area contributed by atoms with Gasteiger partial charge in [0.15, 0.2) is 15.0 Å². The second-order valence-electron chi connectivity index (χ2n) is 5.58. The van der Waals surface area contributed by atoms with E-state index in [9.17, 15) is 13.2 Å². The number of amides is 1. The van der Waals surface area contributed by atoms with Crippen LogP contribution in [-0.4, -0.2) is 25.6 Å². The van der Waals surface area contributed by atoms with Crippen LogP contribution in [0.2, 0.25) is 0 Å². The zero-order chi connectivity index (χ0) is 17.3. The SMILES string of the molecule is Cc1cccc2sc(NC(=O)Cc3ccc(S(C)(=O)=O)cc3)nc12. The quantitative estimate of drug-likeness (QED) is 0.775. The topological polar surface area (TPSA) is 76.1 Å². The Morgan fingerprint density at radius 1 is 1.17 bits per heavy atom. The van der Waals surface area contributed by atoms with Crippen LogP contribution in [0.3, 0.4) is 0 Å². The molecule has 0 bridgehead atoms. The predicted octanol–water partition coefficient (Wildman–Crippen LogP) is 3.19. The van der Waals surface area contributed by atoms with Gasteiger partial charge in [0.1, 0.15) is 0 Å². The molecule has 5 nitrogen and oxygen atoms in total. The fourth-order valence-corrected chi connectivity index (χ4v) is 3.93. The van der Waals surface area contributed by atoms with Crippen LogP contribution in [0.25, 0.3) is 10.2 Å². The van der Waals surface area contributed by atoms with Gasteiger partial charge in [0.25, 0.3) is 0 Å². The summed E-state index contributed by atoms with van der Waals surface area (Å²) in [6.45, 7) is 1.98. The monoisotopic (exact) mass is 360 g/mol. The third kappa shape index (κ3) is 3.63. The second-order valence-corrected chi connectivity index (χ2v) is 8.63. The van der Waals surface area contributed by atoms with Gasteiger partial charge in [0.2, 0.25) is 5.91 Å². The first-order chi connectivity index (χ1) is 11.3. The molecule has 0 radical (unpaired) electrons. The molecule has 0 aliphatic carbocycles. The van der Waals surface area contributed by atoms with E-state index < -0.39 is 9.84 Å². The molecular weight excluding hydrogens is 344 g/mol. The Hall–Kier alpha value is -2.25. The molecular formula is C17H16N2O3S2. The number of nitrogens with zero attached hydrogens (tertiary/aromatic N) is 1. The van der Waals surface area contributed by atoms with Gasteiger partial charge in [-0.2, -0.15) is 0 Å². The van der Waals surface area contributed by atoms with Crippen molar-refractivity contribution in [2.75, 3.05) is 11.6 Å². The first kappa shape index (κ1) is 16.6. The third-order valence-electron chi connectivity index (χ3n) is 3.58. The normalized spacial score (nSPS) is 11.6. The summed E-state index contributed by atoms with van der Waals surface area (Å²) in [5, 5.41) is 3.37. The van der Waals surface area contributed by atoms with Crippen LogP contribution in [-0.2, 0) is 21.1 Å². The van der Waals surface area contributed by atoms with Gasteiger partial charge in [0, 0.05) is 6.26 Å². The predicted molar refractivity (Wildman–Crippen MR) is 96.2 cm³/mol. The van der Waals surface area contributed by atoms with E-state index >= 15 is 0 Å². The van der Waals surface area contributed by atoms with Crippen LogP contribution in [0.4, 0.5) is 5.13 Å². The summed E-state index contributed by atoms with van der Waals surface area (Å²) in [5.74, 6) is -0.182. The molecule has 2 aromatic carbocycles. The number of para-hydroxylation sites is 1. The van der Waals surface area contributed by atoms with Crippen molar-refractivity contribution in [3.8, 4) is 0 Å². The van der Waals surface area contributed by atoms with Crippen LogP contribution >= 0.6 is 11.3 Å². The lowest BCUT2D eigenvalue weighted by molar-refractivity contribution is -0.115. The van der Waals surface area contributed by atoms with Crippen molar-refractivity contribution in [2.24, 2.45) is 0 Å². The van der Waals surface area contributed by atoms with E-state index in [4.69, 9.17) is 0 Å². The van der Waals surface area contributed by atoms with Crippen molar-refractivity contribution in [3.05, 3.63) is 53.6 Å². The fourth-order valence-electron chi connectivity index (χ4n) is 2.34. The summed E-state index contributed by atoms with van der Waals surface area (Å²) < 4.78 is 23.9. The maximum absolute atomic E-state index is 12.2. The van der Waals surface area contributed by atoms with E-state index in [2.05, 4.69) is 10.3 Å². The van der Waals surface area contributed by atoms with Gasteiger partial charge in [-0.05, 0) is 36.2 Å². The Balaban J connectivity index is 1.71. The average molecular weight is 360 g/mol. The van der Waals surface area contributed by atoms with E-state index in [1.54, 1.807) is 12.1 Å². The molecule has 3 rings (SSSR count). The number of thiazole rings is 1. The Bertz CT molecular complexity index is 1010. The standard InChI is InChI=1S/C17H16N2O3S2/c1-11-4-3-5-14-16(11)19-17(23-14)18-15(20)10-12-6-8-13(9-7-12)24(2,21)22/h3-9H,10H2,1-2H3,(H,18,19,20). The first-order valence-electron chi connectivity index (χ1n) is 7.28. The summed E-state index contributed by atoms with van der Waals surface area (Å²) in [7, 11) is -3.22. The number of hydrogen-bond acceptors (Lipinski definition) is 5. The van der Waals surface area contributed by atoms with E-state index in [1.807, 2.05) is 25.1 Å². The molecule has 7 heteroatoms. The molecule has 1 aromatic heterocycles. The van der Waals surface area contributed by atoms with E-state index in [-0.39, 0.29) is 17.2 Å². The Labute approximate surface area is 144 Å². The summed E-state index contributed by atoms with van der Waals surface area (Å²) >= 11 is 1.43. The van der Waals surface area contributed by atoms with Crippen LogP contribution < -0.4 is 5.32 Å². The van der Waals surface area contributed by atoms with Gasteiger partial charge in [-0.3, -0.25) is 4.79 Å². The lowest BCUT2D eigenvalue weighted by atomic mass is 10.1. The molecule has 3 aromatic rings. The number of carbonyl (C=O) groups is 1. The van der Waals surface area contributed by atoms with Crippen LogP contribution in [0.15, 0.2) is 47.4 Å². The number of aromatic nitrogens is 1. The Kier molecular flexibility index (Phi) is 4.38. The van der Waals surface area contributed by atoms with Crippen LogP contribution in [0.1, 0.15) is 11.1 Å². The van der Waals surface area contributed by atoms with Crippen molar-refractivity contribution in [2.45, 2.75) is 18.2 Å². The van der Waals surface area contributed by atoms with Crippen molar-refractivity contribution >= 4 is 42.4 Å². The molecule has 0 fully saturated rings. The van der Waals surface area contributed by atoms with E-state index in [0.29, 0.717) is 5.13 Å². The molecule has 1 N–H and O–H groups in total. The molecule has 1 heterocycles. The molecule has 24 heavy (non-hydrogen) atoms. The van der Waals surface area contributed by atoms with Gasteiger partial charge >= 0.3 is 0 Å². The van der Waals surface area contributed by atoms with E-state index in [0.717, 1.165) is 27.6 Å². The smallest absolute Gasteiger partial charge is 0.230 e. The zero-order valence-corrected chi connectivity index (χ0v) is 14.9. The molecule has 0 spiro atoms. The summed E-state index contributed by atoms with van der Waals surface area (Å²) in [4.78, 5) is 16.9. The summed E-state index contributed by atoms with van der Waals surface area (Å²) in [5.41, 5.74) is 2.72. The number of carbonyl (C=O) groups excluding carboxylic acids is 1. The third-order valence-corrected chi connectivity index (χ3v) is 5.65. The van der Waals surface area contributed by atoms with Crippen molar-refractivity contribution in [1.82, 2.24) is 4.98 Å². The largest absolute Gasteiger partial charge is 0.302 e. The number of hydrogen-bond donors (Lipinski definition) is 1. The highest BCUT2D eigenvalue weighted by atomic mass is 32.2. The number of sulfone groups is 1. The second kappa shape index (κ2) is 6.33. The maximum atomic E-state index is 12.2. The first-order valence-corrected chi connectivity index (χ1v) is 9.99. The highest BCUT2D eigenvalue weighted by Crippen LogP contribution is 2.27. The van der Waals surface area contributed by atoms with Crippen molar-refractivity contribution in [1.29, 1.82) is 0 Å². The lowest BCUT2D eigenvalue weighted by Gasteiger charge is -2.03. The number of benzene rings is 2. The summed E-state index contributed by atoms with van der Waals surface area (Å²) in [6.07, 6.45) is 1.32. The number of anilines is 1. The molecule has 0 unspecified atom stereocenters. The van der Waals surface area contributed by atoms with Crippen molar-refractivity contribution < 1.29 is 13.2 Å². The highest BCUT2D eigenvalue weighted by Gasteiger charge is 2.11. The molecule has 0 atom stereocenters. The number of aryl methyl sites for hydroxylation is 1. The van der Waals surface area contributed by atoms with Gasteiger partial charge in [-0.1, -0.05) is 35.6 Å². The molecule has 124 valence electrons. The molecule has 0 saturated heterocycles. The van der Waals surface area contributed by atoms with Gasteiger partial charge in [-0.25, -0.2) is 13.4 Å². The minimum absolute atomic E-state index is 0.166. The van der Waals surface area contributed by atoms with Gasteiger partial charge in [-0.15, -0.1) is 0 Å².